The normalized spacial score (nSPS) is 19.8. The van der Waals surface area contributed by atoms with Gasteiger partial charge in [0, 0.05) is 54.2 Å². The number of benzene rings is 1. The molecule has 0 saturated heterocycles. The second kappa shape index (κ2) is 6.32. The lowest BCUT2D eigenvalue weighted by Crippen LogP contribution is -2.23. The molecule has 7 heteroatoms. The number of hydrogen-bond acceptors (Lipinski definition) is 5. The molecular formula is C17H17FN4OS. The van der Waals surface area contributed by atoms with E-state index in [9.17, 15) is 4.39 Å². The highest BCUT2D eigenvalue weighted by Crippen LogP contribution is 2.49. The molecule has 124 valence electrons. The van der Waals surface area contributed by atoms with Gasteiger partial charge in [-0.25, -0.2) is 4.39 Å². The average molecular weight is 344 g/mol. The van der Waals surface area contributed by atoms with E-state index in [4.69, 9.17) is 4.74 Å². The molecule has 0 saturated carbocycles. The Morgan fingerprint density at radius 2 is 2.33 bits per heavy atom. The summed E-state index contributed by atoms with van der Waals surface area (Å²) in [5, 5.41) is 7.07. The summed E-state index contributed by atoms with van der Waals surface area (Å²) in [7, 11) is 1.55. The summed E-state index contributed by atoms with van der Waals surface area (Å²) in [6.45, 7) is 1.41. The topological polar surface area (TPSA) is 53.5 Å². The number of allylic oxidation sites excluding steroid dienone is 1. The van der Waals surface area contributed by atoms with Crippen molar-refractivity contribution in [1.82, 2.24) is 15.1 Å². The van der Waals surface area contributed by atoms with Gasteiger partial charge in [0.1, 0.15) is 16.9 Å². The number of aliphatic imine (C=N–C) groups is 1. The predicted octanol–water partition coefficient (Wildman–Crippen LogP) is 3.49. The van der Waals surface area contributed by atoms with Crippen LogP contribution in [0, 0.1) is 5.82 Å². The number of dihydropyridines is 1. The molecule has 1 N–H and O–H groups in total. The van der Waals surface area contributed by atoms with Crippen molar-refractivity contribution in [2.45, 2.75) is 18.3 Å². The quantitative estimate of drug-likeness (QED) is 0.922. The van der Waals surface area contributed by atoms with E-state index in [1.807, 2.05) is 24.7 Å². The van der Waals surface area contributed by atoms with Crippen molar-refractivity contribution in [1.29, 1.82) is 0 Å². The van der Waals surface area contributed by atoms with Gasteiger partial charge in [-0.15, -0.1) is 0 Å². The number of methoxy groups -OCH3 is 1. The molecule has 1 atom stereocenters. The van der Waals surface area contributed by atoms with Gasteiger partial charge in [-0.3, -0.25) is 10.1 Å². The van der Waals surface area contributed by atoms with Crippen LogP contribution in [0.3, 0.4) is 0 Å². The van der Waals surface area contributed by atoms with Gasteiger partial charge in [0.15, 0.2) is 0 Å². The maximum atomic E-state index is 13.8. The lowest BCUT2D eigenvalue weighted by molar-refractivity contribution is 0.315. The summed E-state index contributed by atoms with van der Waals surface area (Å²) in [4.78, 5) is 7.89. The maximum absolute atomic E-state index is 13.8. The largest absolute Gasteiger partial charge is 0.497 e. The Balaban J connectivity index is 1.68. The highest BCUT2D eigenvalue weighted by molar-refractivity contribution is 8.04. The second-order valence-corrected chi connectivity index (χ2v) is 6.85. The van der Waals surface area contributed by atoms with Crippen molar-refractivity contribution in [3.05, 3.63) is 58.1 Å². The first kappa shape index (κ1) is 15.3. The fraction of sp³-hybridized carbons (Fsp3) is 0.294. The number of ether oxygens (including phenoxy) is 1. The third kappa shape index (κ3) is 2.80. The van der Waals surface area contributed by atoms with Gasteiger partial charge in [-0.05, 0) is 17.7 Å². The highest BCUT2D eigenvalue weighted by atomic mass is 32.2. The van der Waals surface area contributed by atoms with Gasteiger partial charge in [-0.1, -0.05) is 11.8 Å². The van der Waals surface area contributed by atoms with Crippen LogP contribution in [-0.2, 0) is 6.54 Å². The van der Waals surface area contributed by atoms with Gasteiger partial charge in [0.2, 0.25) is 0 Å². The van der Waals surface area contributed by atoms with Crippen molar-refractivity contribution in [2.24, 2.45) is 4.99 Å². The molecule has 5 nitrogen and oxygen atoms in total. The van der Waals surface area contributed by atoms with Crippen LogP contribution in [0.5, 0.6) is 5.75 Å². The van der Waals surface area contributed by atoms with Gasteiger partial charge in [-0.2, -0.15) is 5.10 Å². The molecule has 1 aromatic heterocycles. The van der Waals surface area contributed by atoms with E-state index < -0.39 is 0 Å². The Labute approximate surface area is 143 Å². The molecule has 0 bridgehead atoms. The van der Waals surface area contributed by atoms with Crippen molar-refractivity contribution >= 4 is 18.0 Å². The standard InChI is InChI=1S/C17H17FN4OS/c1-23-14-5-11(4-13(18)6-14)10-22-15-2-3-19-9-16(15)24-17(22)12-7-20-21-8-12/h4-9,17H,2-3,10H2,1H3,(H,20,21). The van der Waals surface area contributed by atoms with Crippen molar-refractivity contribution in [3.8, 4) is 5.75 Å². The van der Waals surface area contributed by atoms with Crippen molar-refractivity contribution in [3.63, 3.8) is 0 Å². The summed E-state index contributed by atoms with van der Waals surface area (Å²) < 4.78 is 19.0. The predicted molar refractivity (Wildman–Crippen MR) is 92.4 cm³/mol. The Hall–Kier alpha value is -2.28. The molecule has 3 heterocycles. The Kier molecular flexibility index (Phi) is 4.02. The minimum Gasteiger partial charge on any atom is -0.497 e. The zero-order valence-corrected chi connectivity index (χ0v) is 14.0. The van der Waals surface area contributed by atoms with Gasteiger partial charge >= 0.3 is 0 Å². The first-order valence-corrected chi connectivity index (χ1v) is 8.61. The summed E-state index contributed by atoms with van der Waals surface area (Å²) in [6, 6.07) is 4.85. The molecule has 2 aliphatic heterocycles. The minimum atomic E-state index is -0.282. The number of nitrogens with one attached hydrogen (secondary N) is 1. The molecule has 1 aromatic carbocycles. The van der Waals surface area contributed by atoms with Crippen LogP contribution in [0.1, 0.15) is 22.9 Å². The van der Waals surface area contributed by atoms with Gasteiger partial charge in [0.05, 0.1) is 13.3 Å². The fourth-order valence-electron chi connectivity index (χ4n) is 3.07. The van der Waals surface area contributed by atoms with Gasteiger partial charge < -0.3 is 9.64 Å². The Morgan fingerprint density at radius 1 is 1.42 bits per heavy atom. The molecule has 1 unspecified atom stereocenters. The first-order valence-electron chi connectivity index (χ1n) is 7.73. The number of aromatic amines is 1. The third-order valence-corrected chi connectivity index (χ3v) is 5.51. The van der Waals surface area contributed by atoms with Crippen LogP contribution in [-0.4, -0.2) is 35.0 Å². The van der Waals surface area contributed by atoms with E-state index in [0.29, 0.717) is 12.3 Å². The van der Waals surface area contributed by atoms with E-state index >= 15 is 0 Å². The number of thioether (sulfide) groups is 1. The first-order chi connectivity index (χ1) is 11.7. The number of H-pyrrole nitrogens is 1. The van der Waals surface area contributed by atoms with Crippen molar-refractivity contribution in [2.75, 3.05) is 13.7 Å². The Bertz CT molecular complexity index is 803. The number of halogens is 1. The molecular weight excluding hydrogens is 327 g/mol. The van der Waals surface area contributed by atoms with Crippen LogP contribution in [0.2, 0.25) is 0 Å². The monoisotopic (exact) mass is 344 g/mol. The molecule has 0 radical (unpaired) electrons. The molecule has 24 heavy (non-hydrogen) atoms. The van der Waals surface area contributed by atoms with E-state index in [0.717, 1.165) is 24.1 Å². The van der Waals surface area contributed by atoms with E-state index in [2.05, 4.69) is 20.1 Å². The number of nitrogens with zero attached hydrogens (tertiary/aromatic N) is 3. The Morgan fingerprint density at radius 3 is 3.12 bits per heavy atom. The molecule has 0 aliphatic carbocycles. The zero-order valence-electron chi connectivity index (χ0n) is 13.2. The van der Waals surface area contributed by atoms with Crippen LogP contribution in [0.15, 0.2) is 46.2 Å². The molecule has 0 amide bonds. The fourth-order valence-corrected chi connectivity index (χ4v) is 4.40. The zero-order chi connectivity index (χ0) is 16.5. The number of hydrogen-bond donors (Lipinski definition) is 1. The summed E-state index contributed by atoms with van der Waals surface area (Å²) in [5.74, 6) is 0.256. The molecule has 2 aromatic rings. The average Bonchev–Trinajstić information content (AvgIpc) is 3.22. The lowest BCUT2D eigenvalue weighted by Gasteiger charge is -2.29. The summed E-state index contributed by atoms with van der Waals surface area (Å²) in [5.41, 5.74) is 3.26. The van der Waals surface area contributed by atoms with Crippen molar-refractivity contribution < 1.29 is 9.13 Å². The lowest BCUT2D eigenvalue weighted by atomic mass is 10.1. The molecule has 4 rings (SSSR count). The van der Waals surface area contributed by atoms with E-state index in [1.54, 1.807) is 24.9 Å². The summed E-state index contributed by atoms with van der Waals surface area (Å²) in [6.07, 6.45) is 6.60. The number of rotatable bonds is 4. The minimum absolute atomic E-state index is 0.118. The molecule has 0 spiro atoms. The van der Waals surface area contributed by atoms with Crippen LogP contribution >= 0.6 is 11.8 Å². The molecule has 0 fully saturated rings. The molecule has 2 aliphatic rings. The highest BCUT2D eigenvalue weighted by Gasteiger charge is 2.34. The second-order valence-electron chi connectivity index (χ2n) is 5.73. The third-order valence-electron chi connectivity index (χ3n) is 4.16. The van der Waals surface area contributed by atoms with E-state index in [1.165, 1.54) is 16.7 Å². The van der Waals surface area contributed by atoms with Gasteiger partial charge in [0.25, 0.3) is 0 Å². The van der Waals surface area contributed by atoms with Crippen LogP contribution in [0.25, 0.3) is 0 Å². The maximum Gasteiger partial charge on any atom is 0.127 e. The van der Waals surface area contributed by atoms with Crippen LogP contribution < -0.4 is 4.74 Å². The number of aromatic nitrogens is 2. The van der Waals surface area contributed by atoms with E-state index in [-0.39, 0.29) is 11.2 Å². The van der Waals surface area contributed by atoms with Crippen LogP contribution in [0.4, 0.5) is 4.39 Å². The SMILES string of the molecule is COc1cc(F)cc(CN2C3=C(C=NCC3)SC2c2cn[nH]c2)c1. The summed E-state index contributed by atoms with van der Waals surface area (Å²) >= 11 is 1.77. The smallest absolute Gasteiger partial charge is 0.127 e.